The van der Waals surface area contributed by atoms with Crippen LogP contribution < -0.4 is 0 Å². The lowest BCUT2D eigenvalue weighted by Gasteiger charge is -2.26. The van der Waals surface area contributed by atoms with Crippen LogP contribution in [-0.2, 0) is 17.8 Å². The van der Waals surface area contributed by atoms with Crippen LogP contribution in [-0.4, -0.2) is 6.61 Å². The Morgan fingerprint density at radius 2 is 1.74 bits per heavy atom. The maximum atomic E-state index is 5.64. The van der Waals surface area contributed by atoms with Crippen molar-refractivity contribution in [1.29, 1.82) is 0 Å². The molecule has 0 aliphatic heterocycles. The average Bonchev–Trinajstić information content (AvgIpc) is 2.61. The fraction of sp³-hybridized carbons (Fsp3) is 0.545. The third-order valence-corrected chi connectivity index (χ3v) is 4.97. The molecule has 0 atom stereocenters. The zero-order valence-corrected chi connectivity index (χ0v) is 14.7. The number of benzene rings is 1. The molecule has 23 heavy (non-hydrogen) atoms. The monoisotopic (exact) mass is 312 g/mol. The fourth-order valence-corrected chi connectivity index (χ4v) is 3.37. The maximum Gasteiger partial charge on any atom is 0.0721 e. The lowest BCUT2D eigenvalue weighted by molar-refractivity contribution is 0.148. The molecule has 0 N–H and O–H groups in total. The Bertz CT molecular complexity index is 463. The number of hydrogen-bond acceptors (Lipinski definition) is 1. The molecule has 1 saturated carbocycles. The van der Waals surface area contributed by atoms with Gasteiger partial charge in [0.25, 0.3) is 0 Å². The third-order valence-electron chi connectivity index (χ3n) is 4.97. The summed E-state index contributed by atoms with van der Waals surface area (Å²) in [6.07, 6.45) is 15.5. The Morgan fingerprint density at radius 1 is 1.04 bits per heavy atom. The Hall–Kier alpha value is -1.34. The molecule has 1 nitrogen and oxygen atoms in total. The van der Waals surface area contributed by atoms with Crippen molar-refractivity contribution in [2.75, 3.05) is 6.61 Å². The predicted molar refractivity (Wildman–Crippen MR) is 99.5 cm³/mol. The highest BCUT2D eigenvalue weighted by Gasteiger charge is 2.18. The van der Waals surface area contributed by atoms with Gasteiger partial charge in [-0.1, -0.05) is 49.4 Å². The van der Waals surface area contributed by atoms with Crippen molar-refractivity contribution >= 4 is 0 Å². The summed E-state index contributed by atoms with van der Waals surface area (Å²) in [7, 11) is 0. The van der Waals surface area contributed by atoms with Gasteiger partial charge in [-0.25, -0.2) is 0 Å². The molecule has 0 spiro atoms. The zero-order chi connectivity index (χ0) is 16.3. The normalized spacial score (nSPS) is 21.6. The first kappa shape index (κ1) is 18.0. The highest BCUT2D eigenvalue weighted by molar-refractivity contribution is 5.22. The maximum absolute atomic E-state index is 5.64. The van der Waals surface area contributed by atoms with Gasteiger partial charge in [0.15, 0.2) is 0 Å². The smallest absolute Gasteiger partial charge is 0.0721 e. The van der Waals surface area contributed by atoms with E-state index in [1.807, 2.05) is 0 Å². The van der Waals surface area contributed by atoms with Gasteiger partial charge in [-0.2, -0.15) is 0 Å². The van der Waals surface area contributed by atoms with Crippen molar-refractivity contribution < 1.29 is 4.74 Å². The number of allylic oxidation sites excluding steroid dienone is 2. The first-order valence-electron chi connectivity index (χ1n) is 9.25. The summed E-state index contributed by atoms with van der Waals surface area (Å²) >= 11 is 0. The van der Waals surface area contributed by atoms with Crippen LogP contribution in [0.15, 0.2) is 49.1 Å². The highest BCUT2D eigenvalue weighted by atomic mass is 16.5. The molecule has 1 aliphatic carbocycles. The molecule has 1 fully saturated rings. The number of hydrogen-bond donors (Lipinski definition) is 0. The van der Waals surface area contributed by atoms with E-state index in [0.717, 1.165) is 18.3 Å². The Labute approximate surface area is 142 Å². The van der Waals surface area contributed by atoms with Gasteiger partial charge in [0.05, 0.1) is 13.2 Å². The number of aryl methyl sites for hydroxylation is 1. The summed E-state index contributed by atoms with van der Waals surface area (Å²) < 4.78 is 5.64. The molecule has 1 aromatic carbocycles. The summed E-state index contributed by atoms with van der Waals surface area (Å²) in [4.78, 5) is 0. The summed E-state index contributed by atoms with van der Waals surface area (Å²) in [5, 5.41) is 0. The molecule has 0 amide bonds. The second-order valence-electron chi connectivity index (χ2n) is 6.77. The minimum absolute atomic E-state index is 0.708. The first-order chi connectivity index (χ1) is 11.3. The van der Waals surface area contributed by atoms with Gasteiger partial charge in [0.1, 0.15) is 0 Å². The van der Waals surface area contributed by atoms with Crippen LogP contribution in [0.25, 0.3) is 0 Å². The van der Waals surface area contributed by atoms with E-state index in [0.29, 0.717) is 13.2 Å². The third kappa shape index (κ3) is 6.74. The van der Waals surface area contributed by atoms with Gasteiger partial charge < -0.3 is 4.74 Å². The summed E-state index contributed by atoms with van der Waals surface area (Å²) in [5.74, 6) is 1.69. The molecule has 0 radical (unpaired) electrons. The van der Waals surface area contributed by atoms with E-state index in [2.05, 4.69) is 56.0 Å². The summed E-state index contributed by atoms with van der Waals surface area (Å²) in [6, 6.07) is 8.98. The summed E-state index contributed by atoms with van der Waals surface area (Å²) in [5.41, 5.74) is 2.73. The molecule has 0 saturated heterocycles. The van der Waals surface area contributed by atoms with Gasteiger partial charge in [-0.05, 0) is 67.9 Å². The van der Waals surface area contributed by atoms with Gasteiger partial charge in [0.2, 0.25) is 0 Å². The van der Waals surface area contributed by atoms with Crippen molar-refractivity contribution in [2.24, 2.45) is 11.8 Å². The molecule has 0 bridgehead atoms. The van der Waals surface area contributed by atoms with E-state index in [9.17, 15) is 0 Å². The van der Waals surface area contributed by atoms with E-state index in [1.165, 1.54) is 49.7 Å². The van der Waals surface area contributed by atoms with E-state index >= 15 is 0 Å². The molecule has 0 heterocycles. The van der Waals surface area contributed by atoms with Gasteiger partial charge in [-0.15, -0.1) is 6.58 Å². The molecule has 126 valence electrons. The van der Waals surface area contributed by atoms with Gasteiger partial charge in [0, 0.05) is 0 Å². The van der Waals surface area contributed by atoms with Crippen LogP contribution in [0.1, 0.15) is 56.6 Å². The average molecular weight is 312 g/mol. The first-order valence-corrected chi connectivity index (χ1v) is 9.25. The molecule has 1 heteroatoms. The quantitative estimate of drug-likeness (QED) is 0.396. The van der Waals surface area contributed by atoms with E-state index in [1.54, 1.807) is 0 Å². The highest BCUT2D eigenvalue weighted by Crippen LogP contribution is 2.32. The molecular weight excluding hydrogens is 280 g/mol. The molecular formula is C22H32O. The van der Waals surface area contributed by atoms with Crippen molar-refractivity contribution in [1.82, 2.24) is 0 Å². The molecule has 0 unspecified atom stereocenters. The second-order valence-corrected chi connectivity index (χ2v) is 6.77. The van der Waals surface area contributed by atoms with Crippen LogP contribution >= 0.6 is 0 Å². The van der Waals surface area contributed by atoms with Crippen LogP contribution in [0.4, 0.5) is 0 Å². The van der Waals surface area contributed by atoms with E-state index in [4.69, 9.17) is 4.74 Å². The SMILES string of the molecule is C=CC1CCC(CCc2ccc(COCC=CCC)cc2)CC1. The van der Waals surface area contributed by atoms with E-state index < -0.39 is 0 Å². The Morgan fingerprint density at radius 3 is 2.39 bits per heavy atom. The Kier molecular flexibility index (Phi) is 8.17. The molecule has 1 aliphatic rings. The van der Waals surface area contributed by atoms with Gasteiger partial charge >= 0.3 is 0 Å². The van der Waals surface area contributed by atoms with Crippen LogP contribution in [0.3, 0.4) is 0 Å². The van der Waals surface area contributed by atoms with Crippen molar-refractivity contribution in [3.8, 4) is 0 Å². The minimum atomic E-state index is 0.708. The molecule has 2 rings (SSSR count). The molecule has 0 aromatic heterocycles. The topological polar surface area (TPSA) is 9.23 Å². The Balaban J connectivity index is 1.66. The zero-order valence-electron chi connectivity index (χ0n) is 14.7. The largest absolute Gasteiger partial charge is 0.373 e. The van der Waals surface area contributed by atoms with Crippen LogP contribution in [0.5, 0.6) is 0 Å². The predicted octanol–water partition coefficient (Wildman–Crippen LogP) is 6.09. The number of rotatable bonds is 9. The summed E-state index contributed by atoms with van der Waals surface area (Å²) in [6.45, 7) is 7.49. The second kappa shape index (κ2) is 10.4. The van der Waals surface area contributed by atoms with Crippen molar-refractivity contribution in [2.45, 2.75) is 58.5 Å². The van der Waals surface area contributed by atoms with Crippen LogP contribution in [0, 0.1) is 11.8 Å². The van der Waals surface area contributed by atoms with E-state index in [-0.39, 0.29) is 0 Å². The van der Waals surface area contributed by atoms with Gasteiger partial charge in [-0.3, -0.25) is 0 Å². The lowest BCUT2D eigenvalue weighted by Crippen LogP contribution is -2.13. The number of ether oxygens (including phenoxy) is 1. The lowest BCUT2D eigenvalue weighted by atomic mass is 9.79. The van der Waals surface area contributed by atoms with Crippen molar-refractivity contribution in [3.63, 3.8) is 0 Å². The fourth-order valence-electron chi connectivity index (χ4n) is 3.37. The molecule has 1 aromatic rings. The minimum Gasteiger partial charge on any atom is -0.373 e. The van der Waals surface area contributed by atoms with Crippen LogP contribution in [0.2, 0.25) is 0 Å². The van der Waals surface area contributed by atoms with Crippen molar-refractivity contribution in [3.05, 3.63) is 60.2 Å². The standard InChI is InChI=1S/C22H32O/c1-3-5-6-17-23-18-22-15-13-21(14-16-22)12-11-20-9-7-19(4-2)8-10-20/h4-6,13-16,19-20H,2-3,7-12,17-18H2,1H3.